The first-order chi connectivity index (χ1) is 14.6. The topological polar surface area (TPSA) is 137 Å². The fraction of sp³-hybridized carbons (Fsp3) is 0.0526. The molecule has 2 aromatic heterocycles. The summed E-state index contributed by atoms with van der Waals surface area (Å²) in [5, 5.41) is 20.0. The highest BCUT2D eigenvalue weighted by molar-refractivity contribution is 6.34. The summed E-state index contributed by atoms with van der Waals surface area (Å²) in [5.74, 6) is -0.571. The van der Waals surface area contributed by atoms with Crippen LogP contribution in [-0.4, -0.2) is 36.9 Å². The van der Waals surface area contributed by atoms with Gasteiger partial charge in [0.1, 0.15) is 5.69 Å². The van der Waals surface area contributed by atoms with Gasteiger partial charge < -0.3 is 5.73 Å². The molecule has 0 bridgehead atoms. The van der Waals surface area contributed by atoms with Crippen LogP contribution in [0.1, 0.15) is 23.0 Å². The fourth-order valence-corrected chi connectivity index (χ4v) is 3.04. The van der Waals surface area contributed by atoms with Crippen LogP contribution in [0.2, 0.25) is 5.02 Å². The summed E-state index contributed by atoms with van der Waals surface area (Å²) in [4.78, 5) is 13.1. The van der Waals surface area contributed by atoms with E-state index < -0.39 is 5.91 Å². The quantitative estimate of drug-likeness (QED) is 0.372. The number of nitrogens with zero attached hydrogens (tertiary/aromatic N) is 6. The second kappa shape index (κ2) is 8.13. The second-order valence-corrected chi connectivity index (χ2v) is 6.56. The lowest BCUT2D eigenvalue weighted by Crippen LogP contribution is -2.23. The Morgan fingerprint density at radius 2 is 1.87 bits per heavy atom. The number of nitrogens with two attached hydrogens (primary N) is 1. The van der Waals surface area contributed by atoms with E-state index in [0.717, 1.165) is 4.68 Å². The van der Waals surface area contributed by atoms with E-state index in [-0.39, 0.29) is 17.3 Å². The van der Waals surface area contributed by atoms with Crippen LogP contribution < -0.4 is 11.2 Å². The number of carbonyl (C=O) groups is 1. The number of anilines is 1. The van der Waals surface area contributed by atoms with E-state index in [1.807, 2.05) is 30.3 Å². The summed E-state index contributed by atoms with van der Waals surface area (Å²) >= 11 is 6.19. The molecule has 0 atom stereocenters. The minimum atomic E-state index is -0.576. The van der Waals surface area contributed by atoms with E-state index in [0.29, 0.717) is 27.6 Å². The van der Waals surface area contributed by atoms with Gasteiger partial charge in [0.15, 0.2) is 5.69 Å². The number of hydrogen-bond acceptors (Lipinski definition) is 8. The Morgan fingerprint density at radius 1 is 1.13 bits per heavy atom. The Bertz CT molecular complexity index is 1230. The summed E-state index contributed by atoms with van der Waals surface area (Å²) in [5.41, 5.74) is 10.6. The van der Waals surface area contributed by atoms with Gasteiger partial charge in [-0.1, -0.05) is 65.3 Å². The number of hydrogen-bond donors (Lipinski definition) is 2. The number of rotatable bonds is 5. The van der Waals surface area contributed by atoms with Gasteiger partial charge in [-0.3, -0.25) is 4.79 Å². The molecule has 3 N–H and O–H groups in total. The highest BCUT2D eigenvalue weighted by Crippen LogP contribution is 2.24. The number of amides is 1. The van der Waals surface area contributed by atoms with Gasteiger partial charge in [0, 0.05) is 16.1 Å². The summed E-state index contributed by atoms with van der Waals surface area (Å²) in [6, 6.07) is 16.3. The van der Waals surface area contributed by atoms with Gasteiger partial charge >= 0.3 is 0 Å². The maximum atomic E-state index is 13.1. The lowest BCUT2D eigenvalue weighted by molar-refractivity contribution is 0.0947. The molecule has 2 aromatic carbocycles. The average molecular weight is 423 g/mol. The lowest BCUT2D eigenvalue weighted by atomic mass is 10.1. The first-order valence-electron chi connectivity index (χ1n) is 8.75. The second-order valence-electron chi connectivity index (χ2n) is 6.16. The van der Waals surface area contributed by atoms with E-state index in [1.165, 1.54) is 0 Å². The molecular formula is C19H15ClN8O2. The number of nitrogen functional groups attached to an aromatic ring is 1. The SMILES string of the molecule is C/C(=N\NC(=O)c1c(-c2ccccc2)nnn1-c1nonc1N)c1ccccc1Cl. The van der Waals surface area contributed by atoms with Crippen LogP contribution in [0.25, 0.3) is 17.1 Å². The van der Waals surface area contributed by atoms with Crippen molar-refractivity contribution in [1.29, 1.82) is 0 Å². The molecule has 0 spiro atoms. The predicted molar refractivity (Wildman–Crippen MR) is 110 cm³/mol. The van der Waals surface area contributed by atoms with Gasteiger partial charge in [-0.05, 0) is 23.3 Å². The molecule has 0 saturated carbocycles. The molecule has 0 fully saturated rings. The highest BCUT2D eigenvalue weighted by atomic mass is 35.5. The van der Waals surface area contributed by atoms with Crippen molar-refractivity contribution in [2.45, 2.75) is 6.92 Å². The van der Waals surface area contributed by atoms with E-state index in [1.54, 1.807) is 31.2 Å². The molecule has 4 rings (SSSR count). The molecule has 0 aliphatic rings. The van der Waals surface area contributed by atoms with Crippen LogP contribution in [0, 0.1) is 0 Å². The lowest BCUT2D eigenvalue weighted by Gasteiger charge is -2.07. The molecule has 10 nitrogen and oxygen atoms in total. The number of carbonyl (C=O) groups excluding carboxylic acids is 1. The number of nitrogens with one attached hydrogen (secondary N) is 1. The van der Waals surface area contributed by atoms with Gasteiger partial charge in [-0.15, -0.1) is 5.10 Å². The number of hydrazone groups is 1. The zero-order valence-corrected chi connectivity index (χ0v) is 16.4. The summed E-state index contributed by atoms with van der Waals surface area (Å²) in [6.07, 6.45) is 0. The third kappa shape index (κ3) is 3.63. The van der Waals surface area contributed by atoms with Crippen molar-refractivity contribution in [2.24, 2.45) is 5.10 Å². The molecule has 11 heteroatoms. The van der Waals surface area contributed by atoms with E-state index in [9.17, 15) is 4.79 Å². The molecule has 2 heterocycles. The number of benzene rings is 2. The van der Waals surface area contributed by atoms with Crippen LogP contribution in [0.3, 0.4) is 0 Å². The first kappa shape index (κ1) is 19.3. The molecule has 0 aliphatic heterocycles. The van der Waals surface area contributed by atoms with Crippen LogP contribution in [0.4, 0.5) is 5.82 Å². The first-order valence-corrected chi connectivity index (χ1v) is 9.13. The van der Waals surface area contributed by atoms with Crippen LogP contribution in [-0.2, 0) is 0 Å². The Labute approximate surface area is 175 Å². The van der Waals surface area contributed by atoms with Gasteiger partial charge in [-0.25, -0.2) is 10.1 Å². The van der Waals surface area contributed by atoms with Crippen molar-refractivity contribution >= 4 is 29.0 Å². The minimum Gasteiger partial charge on any atom is -0.378 e. The van der Waals surface area contributed by atoms with Crippen LogP contribution >= 0.6 is 11.6 Å². The maximum absolute atomic E-state index is 13.1. The molecule has 30 heavy (non-hydrogen) atoms. The molecule has 1 amide bonds. The van der Waals surface area contributed by atoms with E-state index in [2.05, 4.69) is 35.8 Å². The third-order valence-corrected chi connectivity index (χ3v) is 4.55. The number of aromatic nitrogens is 5. The Morgan fingerprint density at radius 3 is 2.57 bits per heavy atom. The zero-order valence-electron chi connectivity index (χ0n) is 15.7. The number of halogens is 1. The molecule has 150 valence electrons. The summed E-state index contributed by atoms with van der Waals surface area (Å²) < 4.78 is 5.79. The minimum absolute atomic E-state index is 0.0377. The van der Waals surface area contributed by atoms with Crippen molar-refractivity contribution in [3.63, 3.8) is 0 Å². The molecule has 0 aliphatic carbocycles. The Hall–Kier alpha value is -4.05. The van der Waals surface area contributed by atoms with Crippen LogP contribution in [0.15, 0.2) is 64.3 Å². The normalized spacial score (nSPS) is 11.5. The third-order valence-electron chi connectivity index (χ3n) is 4.22. The fourth-order valence-electron chi connectivity index (χ4n) is 2.76. The van der Waals surface area contributed by atoms with Crippen molar-refractivity contribution in [2.75, 3.05) is 5.73 Å². The Kier molecular flexibility index (Phi) is 5.22. The highest BCUT2D eigenvalue weighted by Gasteiger charge is 2.26. The van der Waals surface area contributed by atoms with Crippen molar-refractivity contribution in [3.05, 3.63) is 70.9 Å². The monoisotopic (exact) mass is 422 g/mol. The largest absolute Gasteiger partial charge is 0.378 e. The summed E-state index contributed by atoms with van der Waals surface area (Å²) in [7, 11) is 0. The molecule has 0 radical (unpaired) electrons. The summed E-state index contributed by atoms with van der Waals surface area (Å²) in [6.45, 7) is 1.73. The maximum Gasteiger partial charge on any atom is 0.292 e. The molecule has 0 saturated heterocycles. The van der Waals surface area contributed by atoms with Crippen LogP contribution in [0.5, 0.6) is 0 Å². The van der Waals surface area contributed by atoms with E-state index in [4.69, 9.17) is 17.3 Å². The molecule has 0 unspecified atom stereocenters. The molecule has 4 aromatic rings. The smallest absolute Gasteiger partial charge is 0.292 e. The molecular weight excluding hydrogens is 408 g/mol. The van der Waals surface area contributed by atoms with Gasteiger partial charge in [0.05, 0.1) is 5.71 Å². The average Bonchev–Trinajstić information content (AvgIpc) is 3.38. The standard InChI is InChI=1S/C19H15ClN8O2/c1-11(13-9-5-6-10-14(13)20)22-24-19(29)16-15(12-7-3-2-4-8-12)23-27-28(16)18-17(21)25-30-26-18/h2-10H,1H3,(H2,21,25)(H,24,29)/b22-11+. The van der Waals surface area contributed by atoms with E-state index >= 15 is 0 Å². The van der Waals surface area contributed by atoms with Gasteiger partial charge in [0.25, 0.3) is 5.91 Å². The Balaban J connectivity index is 1.74. The van der Waals surface area contributed by atoms with Gasteiger partial charge in [0.2, 0.25) is 11.6 Å². The van der Waals surface area contributed by atoms with Crippen molar-refractivity contribution in [1.82, 2.24) is 30.7 Å². The zero-order chi connectivity index (χ0) is 21.1. The van der Waals surface area contributed by atoms with Gasteiger partial charge in [-0.2, -0.15) is 9.78 Å². The van der Waals surface area contributed by atoms with Crippen molar-refractivity contribution in [3.8, 4) is 17.1 Å². The van der Waals surface area contributed by atoms with Crippen molar-refractivity contribution < 1.29 is 9.42 Å². The predicted octanol–water partition coefficient (Wildman–Crippen LogP) is 2.71.